The summed E-state index contributed by atoms with van der Waals surface area (Å²) in [6.07, 6.45) is 0. The molecule has 0 heterocycles. The molecule has 0 aliphatic carbocycles. The Balaban J connectivity index is 3.06. The van der Waals surface area contributed by atoms with Crippen LogP contribution in [0.2, 0.25) is 0 Å². The van der Waals surface area contributed by atoms with Crippen LogP contribution >= 0.6 is 0 Å². The Morgan fingerprint density at radius 1 is 1.14 bits per heavy atom. The minimum Gasteiger partial charge on any atom is -0.224 e. The van der Waals surface area contributed by atoms with Gasteiger partial charge in [-0.25, -0.2) is 8.42 Å². The molecule has 78 valence electrons. The Kier molecular flexibility index (Phi) is 3.32. The Bertz CT molecular complexity index is 388. The molecule has 0 bridgehead atoms. The molecule has 0 saturated carbocycles. The molecule has 0 aliphatic heterocycles. The normalized spacial score (nSPS) is 12.0. The molecule has 0 amide bonds. The zero-order valence-electron chi connectivity index (χ0n) is 8.82. The monoisotopic (exact) mass is 212 g/mol. The van der Waals surface area contributed by atoms with Crippen LogP contribution in [-0.4, -0.2) is 14.2 Å². The van der Waals surface area contributed by atoms with E-state index in [1.807, 2.05) is 12.1 Å². The summed E-state index contributed by atoms with van der Waals surface area (Å²) in [5, 5.41) is 0. The van der Waals surface area contributed by atoms with E-state index in [9.17, 15) is 8.42 Å². The standard InChI is InChI=1S/C11H16O2S/c1-4-14(12,13)11-7-5-10(6-8-11)9(2)3/h5-9H,4H2,1-3H3. The van der Waals surface area contributed by atoms with Gasteiger partial charge in [0.05, 0.1) is 10.6 Å². The molecule has 1 aromatic carbocycles. The molecule has 14 heavy (non-hydrogen) atoms. The highest BCUT2D eigenvalue weighted by Gasteiger charge is 2.10. The molecule has 3 heteroatoms. The van der Waals surface area contributed by atoms with Crippen molar-refractivity contribution < 1.29 is 8.42 Å². The van der Waals surface area contributed by atoms with E-state index < -0.39 is 9.84 Å². The molecule has 0 spiro atoms. The second-order valence-corrected chi connectivity index (χ2v) is 5.91. The summed E-state index contributed by atoms with van der Waals surface area (Å²) in [4.78, 5) is 0.421. The lowest BCUT2D eigenvalue weighted by Gasteiger charge is -2.06. The molecule has 0 unspecified atom stereocenters. The lowest BCUT2D eigenvalue weighted by Crippen LogP contribution is -2.03. The van der Waals surface area contributed by atoms with Crippen molar-refractivity contribution in [2.45, 2.75) is 31.6 Å². The van der Waals surface area contributed by atoms with Crippen LogP contribution in [0.3, 0.4) is 0 Å². The second kappa shape index (κ2) is 4.13. The Labute approximate surface area is 85.9 Å². The van der Waals surface area contributed by atoms with Gasteiger partial charge in [-0.15, -0.1) is 0 Å². The highest BCUT2D eigenvalue weighted by atomic mass is 32.2. The minimum absolute atomic E-state index is 0.161. The Morgan fingerprint density at radius 2 is 1.64 bits per heavy atom. The lowest BCUT2D eigenvalue weighted by molar-refractivity contribution is 0.597. The number of hydrogen-bond acceptors (Lipinski definition) is 2. The first kappa shape index (κ1) is 11.2. The van der Waals surface area contributed by atoms with Crippen molar-refractivity contribution in [3.8, 4) is 0 Å². The van der Waals surface area contributed by atoms with E-state index in [4.69, 9.17) is 0 Å². The molecule has 2 nitrogen and oxygen atoms in total. The summed E-state index contributed by atoms with van der Waals surface area (Å²) in [5.41, 5.74) is 1.17. The molecule has 0 radical (unpaired) electrons. The Morgan fingerprint density at radius 3 is 2.00 bits per heavy atom. The number of benzene rings is 1. The second-order valence-electron chi connectivity index (χ2n) is 3.63. The zero-order valence-corrected chi connectivity index (χ0v) is 9.64. The molecule has 0 atom stereocenters. The third kappa shape index (κ3) is 2.35. The van der Waals surface area contributed by atoms with Gasteiger partial charge >= 0.3 is 0 Å². The fourth-order valence-corrected chi connectivity index (χ4v) is 2.11. The quantitative estimate of drug-likeness (QED) is 0.771. The van der Waals surface area contributed by atoms with Crippen molar-refractivity contribution >= 4 is 9.84 Å². The fourth-order valence-electron chi connectivity index (χ4n) is 1.23. The zero-order chi connectivity index (χ0) is 10.8. The van der Waals surface area contributed by atoms with Crippen molar-refractivity contribution in [3.05, 3.63) is 29.8 Å². The van der Waals surface area contributed by atoms with Gasteiger partial charge in [0.2, 0.25) is 0 Å². The van der Waals surface area contributed by atoms with Gasteiger partial charge in [-0.05, 0) is 23.6 Å². The highest BCUT2D eigenvalue weighted by molar-refractivity contribution is 7.91. The van der Waals surface area contributed by atoms with Crippen molar-refractivity contribution in [2.24, 2.45) is 0 Å². The van der Waals surface area contributed by atoms with Crippen LogP contribution in [0.1, 0.15) is 32.3 Å². The van der Waals surface area contributed by atoms with Gasteiger partial charge in [0.15, 0.2) is 9.84 Å². The third-order valence-corrected chi connectivity index (χ3v) is 4.04. The topological polar surface area (TPSA) is 34.1 Å². The maximum Gasteiger partial charge on any atom is 0.178 e. The molecular formula is C11H16O2S. The summed E-state index contributed by atoms with van der Waals surface area (Å²) in [7, 11) is -3.04. The summed E-state index contributed by atoms with van der Waals surface area (Å²) in [6, 6.07) is 7.14. The molecule has 0 aromatic heterocycles. The fraction of sp³-hybridized carbons (Fsp3) is 0.455. The first-order valence-corrected chi connectivity index (χ1v) is 6.45. The third-order valence-electron chi connectivity index (χ3n) is 2.29. The first-order chi connectivity index (χ1) is 6.47. The van der Waals surface area contributed by atoms with Crippen LogP contribution < -0.4 is 0 Å². The summed E-state index contributed by atoms with van der Waals surface area (Å²) >= 11 is 0. The van der Waals surface area contributed by atoms with Gasteiger partial charge in [0, 0.05) is 0 Å². The van der Waals surface area contributed by atoms with Crippen LogP contribution in [0.5, 0.6) is 0 Å². The van der Waals surface area contributed by atoms with Crippen LogP contribution in [0, 0.1) is 0 Å². The van der Waals surface area contributed by atoms with Crippen LogP contribution in [0.25, 0.3) is 0 Å². The summed E-state index contributed by atoms with van der Waals surface area (Å²) in [6.45, 7) is 5.83. The van der Waals surface area contributed by atoms with E-state index in [1.54, 1.807) is 19.1 Å². The van der Waals surface area contributed by atoms with Crippen LogP contribution in [-0.2, 0) is 9.84 Å². The SMILES string of the molecule is CCS(=O)(=O)c1ccc(C(C)C)cc1. The largest absolute Gasteiger partial charge is 0.224 e. The van der Waals surface area contributed by atoms with Crippen molar-refractivity contribution in [2.75, 3.05) is 5.75 Å². The molecule has 0 fully saturated rings. The minimum atomic E-state index is -3.04. The van der Waals surface area contributed by atoms with Gasteiger partial charge in [-0.3, -0.25) is 0 Å². The van der Waals surface area contributed by atoms with Gasteiger partial charge in [-0.1, -0.05) is 32.9 Å². The van der Waals surface area contributed by atoms with E-state index in [2.05, 4.69) is 13.8 Å². The highest BCUT2D eigenvalue weighted by Crippen LogP contribution is 2.17. The maximum absolute atomic E-state index is 11.5. The number of sulfone groups is 1. The predicted molar refractivity (Wildman–Crippen MR) is 58.3 cm³/mol. The van der Waals surface area contributed by atoms with Crippen molar-refractivity contribution in [1.82, 2.24) is 0 Å². The van der Waals surface area contributed by atoms with Crippen molar-refractivity contribution in [1.29, 1.82) is 0 Å². The van der Waals surface area contributed by atoms with Gasteiger partial charge < -0.3 is 0 Å². The molecule has 0 saturated heterocycles. The van der Waals surface area contributed by atoms with Gasteiger partial charge in [0.1, 0.15) is 0 Å². The van der Waals surface area contributed by atoms with E-state index in [-0.39, 0.29) is 5.75 Å². The van der Waals surface area contributed by atoms with E-state index in [0.29, 0.717) is 10.8 Å². The van der Waals surface area contributed by atoms with Gasteiger partial charge in [-0.2, -0.15) is 0 Å². The number of rotatable bonds is 3. The van der Waals surface area contributed by atoms with E-state index in [1.165, 1.54) is 5.56 Å². The van der Waals surface area contributed by atoms with Gasteiger partial charge in [0.25, 0.3) is 0 Å². The van der Waals surface area contributed by atoms with E-state index in [0.717, 1.165) is 0 Å². The Hall–Kier alpha value is -0.830. The molecule has 1 rings (SSSR count). The predicted octanol–water partition coefficient (Wildman–Crippen LogP) is 2.60. The lowest BCUT2D eigenvalue weighted by atomic mass is 10.0. The summed E-state index contributed by atoms with van der Waals surface area (Å²) in [5.74, 6) is 0.599. The molecule has 1 aromatic rings. The van der Waals surface area contributed by atoms with Crippen molar-refractivity contribution in [3.63, 3.8) is 0 Å². The van der Waals surface area contributed by atoms with E-state index >= 15 is 0 Å². The average molecular weight is 212 g/mol. The van der Waals surface area contributed by atoms with Crippen LogP contribution in [0.4, 0.5) is 0 Å². The first-order valence-electron chi connectivity index (χ1n) is 4.80. The number of hydrogen-bond donors (Lipinski definition) is 0. The smallest absolute Gasteiger partial charge is 0.178 e. The molecule has 0 aliphatic rings. The maximum atomic E-state index is 11.5. The molecular weight excluding hydrogens is 196 g/mol. The van der Waals surface area contributed by atoms with Crippen LogP contribution in [0.15, 0.2) is 29.2 Å². The summed E-state index contributed by atoms with van der Waals surface area (Å²) < 4.78 is 23.0. The molecule has 0 N–H and O–H groups in total. The average Bonchev–Trinajstić information content (AvgIpc) is 2.18.